The molecule has 7 heteroatoms. The van der Waals surface area contributed by atoms with Gasteiger partial charge in [0.25, 0.3) is 0 Å². The maximum Gasteiger partial charge on any atom is 0.203 e. The lowest BCUT2D eigenvalue weighted by Gasteiger charge is -2.41. The van der Waals surface area contributed by atoms with Crippen LogP contribution in [-0.4, -0.2) is 41.1 Å². The Kier molecular flexibility index (Phi) is 6.13. The molecule has 1 atom stereocenters. The van der Waals surface area contributed by atoms with Crippen LogP contribution in [0.3, 0.4) is 0 Å². The Balaban J connectivity index is 0.00000231. The Morgan fingerprint density at radius 1 is 0.871 bits per heavy atom. The van der Waals surface area contributed by atoms with Crippen LogP contribution >= 0.6 is 12.4 Å². The van der Waals surface area contributed by atoms with Gasteiger partial charge in [-0.1, -0.05) is 12.8 Å². The van der Waals surface area contributed by atoms with E-state index in [0.717, 1.165) is 23.6 Å². The first-order valence-electron chi connectivity index (χ1n) is 10.7. The molecule has 1 saturated carbocycles. The number of hydrogen-bond donors (Lipinski definition) is 1. The Morgan fingerprint density at radius 3 is 2.06 bits per heavy atom. The predicted octanol–water partition coefficient (Wildman–Crippen LogP) is 4.41. The fourth-order valence-corrected chi connectivity index (χ4v) is 5.37. The maximum atomic E-state index is 5.93. The third-order valence-corrected chi connectivity index (χ3v) is 6.82. The van der Waals surface area contributed by atoms with E-state index in [9.17, 15) is 0 Å². The highest BCUT2D eigenvalue weighted by molar-refractivity contribution is 5.85. The molecule has 1 aliphatic carbocycles. The summed E-state index contributed by atoms with van der Waals surface area (Å²) in [5.74, 6) is 3.63. The molecule has 2 aliphatic heterocycles. The number of halogens is 1. The second-order valence-electron chi connectivity index (χ2n) is 8.34. The molecule has 1 fully saturated rings. The normalized spacial score (nSPS) is 20.5. The first-order chi connectivity index (χ1) is 14.7. The van der Waals surface area contributed by atoms with Crippen LogP contribution in [0.25, 0.3) is 0 Å². The Hall–Kier alpha value is -2.31. The van der Waals surface area contributed by atoms with Crippen molar-refractivity contribution in [2.45, 2.75) is 37.1 Å². The molecule has 5 rings (SSSR count). The molecule has 1 spiro atoms. The molecular formula is C24H30ClNO5. The van der Waals surface area contributed by atoms with Gasteiger partial charge < -0.3 is 29.0 Å². The van der Waals surface area contributed by atoms with Gasteiger partial charge in [-0.3, -0.25) is 0 Å². The van der Waals surface area contributed by atoms with Gasteiger partial charge in [0.1, 0.15) is 13.2 Å². The van der Waals surface area contributed by atoms with E-state index in [0.29, 0.717) is 30.5 Å². The maximum absolute atomic E-state index is 5.93. The summed E-state index contributed by atoms with van der Waals surface area (Å²) in [5.41, 5.74) is 3.89. The van der Waals surface area contributed by atoms with Crippen LogP contribution in [0.15, 0.2) is 24.3 Å². The molecule has 0 aromatic heterocycles. The lowest BCUT2D eigenvalue weighted by Crippen LogP contribution is -2.44. The lowest BCUT2D eigenvalue weighted by atomic mass is 9.71. The van der Waals surface area contributed by atoms with Crippen molar-refractivity contribution in [3.05, 3.63) is 41.0 Å². The van der Waals surface area contributed by atoms with E-state index in [1.807, 2.05) is 12.1 Å². The number of nitrogens with one attached hydrogen (secondary N) is 1. The van der Waals surface area contributed by atoms with Gasteiger partial charge in [-0.15, -0.1) is 12.4 Å². The van der Waals surface area contributed by atoms with Gasteiger partial charge in [-0.05, 0) is 53.8 Å². The highest BCUT2D eigenvalue weighted by atomic mass is 35.5. The number of fused-ring (bicyclic) bond motifs is 3. The topological polar surface area (TPSA) is 58.2 Å². The SMILES string of the molecule is COc1cc(C2NCC3(CCCC3)c3cc4c(cc32)OCCO4)cc(OC)c1OC.Cl. The van der Waals surface area contributed by atoms with Crippen molar-refractivity contribution in [3.63, 3.8) is 0 Å². The van der Waals surface area contributed by atoms with Crippen molar-refractivity contribution in [2.75, 3.05) is 41.1 Å². The van der Waals surface area contributed by atoms with Gasteiger partial charge in [0.15, 0.2) is 23.0 Å². The zero-order chi connectivity index (χ0) is 20.7. The van der Waals surface area contributed by atoms with Crippen molar-refractivity contribution in [1.82, 2.24) is 5.32 Å². The highest BCUT2D eigenvalue weighted by Crippen LogP contribution is 2.51. The minimum Gasteiger partial charge on any atom is -0.493 e. The molecule has 0 amide bonds. The summed E-state index contributed by atoms with van der Waals surface area (Å²) in [7, 11) is 4.93. The molecule has 1 N–H and O–H groups in total. The molecule has 2 aromatic carbocycles. The molecule has 0 saturated heterocycles. The highest BCUT2D eigenvalue weighted by Gasteiger charge is 2.43. The third-order valence-electron chi connectivity index (χ3n) is 6.82. The Morgan fingerprint density at radius 2 is 1.48 bits per heavy atom. The van der Waals surface area contributed by atoms with Crippen molar-refractivity contribution in [3.8, 4) is 28.7 Å². The van der Waals surface area contributed by atoms with E-state index in [1.54, 1.807) is 21.3 Å². The van der Waals surface area contributed by atoms with Crippen molar-refractivity contribution in [2.24, 2.45) is 0 Å². The van der Waals surface area contributed by atoms with Crippen LogP contribution in [-0.2, 0) is 5.41 Å². The molecule has 168 valence electrons. The number of rotatable bonds is 4. The van der Waals surface area contributed by atoms with Crippen LogP contribution in [0, 0.1) is 0 Å². The summed E-state index contributed by atoms with van der Waals surface area (Å²) in [6, 6.07) is 8.49. The van der Waals surface area contributed by atoms with E-state index in [2.05, 4.69) is 17.4 Å². The van der Waals surface area contributed by atoms with E-state index in [-0.39, 0.29) is 23.9 Å². The number of methoxy groups -OCH3 is 3. The molecular weight excluding hydrogens is 418 g/mol. The van der Waals surface area contributed by atoms with Crippen molar-refractivity contribution >= 4 is 12.4 Å². The molecule has 0 bridgehead atoms. The summed E-state index contributed by atoms with van der Waals surface area (Å²) >= 11 is 0. The minimum absolute atomic E-state index is 0. The third kappa shape index (κ3) is 3.56. The predicted molar refractivity (Wildman–Crippen MR) is 121 cm³/mol. The average Bonchev–Trinajstić information content (AvgIpc) is 3.26. The quantitative estimate of drug-likeness (QED) is 0.749. The summed E-state index contributed by atoms with van der Waals surface area (Å²) in [6.07, 6.45) is 4.94. The smallest absolute Gasteiger partial charge is 0.203 e. The Labute approximate surface area is 189 Å². The molecule has 3 aliphatic rings. The Bertz CT molecular complexity index is 932. The number of ether oxygens (including phenoxy) is 5. The van der Waals surface area contributed by atoms with Crippen LogP contribution in [0.4, 0.5) is 0 Å². The second kappa shape index (κ2) is 8.67. The van der Waals surface area contributed by atoms with E-state index < -0.39 is 0 Å². The zero-order valence-electron chi connectivity index (χ0n) is 18.3. The number of benzene rings is 2. The summed E-state index contributed by atoms with van der Waals surface area (Å²) in [5, 5.41) is 3.82. The van der Waals surface area contributed by atoms with Gasteiger partial charge in [0.05, 0.1) is 27.4 Å². The first-order valence-corrected chi connectivity index (χ1v) is 10.7. The van der Waals surface area contributed by atoms with Crippen molar-refractivity contribution in [1.29, 1.82) is 0 Å². The zero-order valence-corrected chi connectivity index (χ0v) is 19.1. The van der Waals surface area contributed by atoms with Gasteiger partial charge in [0, 0.05) is 12.0 Å². The minimum atomic E-state index is 0. The molecule has 31 heavy (non-hydrogen) atoms. The molecule has 2 heterocycles. The fourth-order valence-electron chi connectivity index (χ4n) is 5.37. The van der Waals surface area contributed by atoms with Gasteiger partial charge in [-0.2, -0.15) is 0 Å². The van der Waals surface area contributed by atoms with Crippen LogP contribution in [0.1, 0.15) is 48.4 Å². The largest absolute Gasteiger partial charge is 0.493 e. The summed E-state index contributed by atoms with van der Waals surface area (Å²) < 4.78 is 28.6. The molecule has 2 aromatic rings. The van der Waals surface area contributed by atoms with Crippen LogP contribution < -0.4 is 29.0 Å². The first kappa shape index (κ1) is 21.9. The van der Waals surface area contributed by atoms with Crippen LogP contribution in [0.5, 0.6) is 28.7 Å². The van der Waals surface area contributed by atoms with Gasteiger partial charge in [0.2, 0.25) is 5.75 Å². The summed E-state index contributed by atoms with van der Waals surface area (Å²) in [4.78, 5) is 0. The van der Waals surface area contributed by atoms with E-state index >= 15 is 0 Å². The summed E-state index contributed by atoms with van der Waals surface area (Å²) in [6.45, 7) is 2.13. The monoisotopic (exact) mass is 447 g/mol. The van der Waals surface area contributed by atoms with E-state index in [4.69, 9.17) is 23.7 Å². The van der Waals surface area contributed by atoms with Gasteiger partial charge in [-0.25, -0.2) is 0 Å². The van der Waals surface area contributed by atoms with Crippen molar-refractivity contribution < 1.29 is 23.7 Å². The standard InChI is InChI=1S/C24H29NO5.ClH/c1-26-20-10-15(11-21(27-2)23(20)28-3)22-16-12-18-19(30-9-8-29-18)13-17(16)24(14-25-22)6-4-5-7-24;/h10-13,22,25H,4-9,14H2,1-3H3;1H. The van der Waals surface area contributed by atoms with Crippen LogP contribution in [0.2, 0.25) is 0 Å². The molecule has 6 nitrogen and oxygen atoms in total. The second-order valence-corrected chi connectivity index (χ2v) is 8.34. The van der Waals surface area contributed by atoms with E-state index in [1.165, 1.54) is 36.8 Å². The lowest BCUT2D eigenvalue weighted by molar-refractivity contribution is 0.170. The number of hydrogen-bond acceptors (Lipinski definition) is 6. The molecule has 1 unspecified atom stereocenters. The average molecular weight is 448 g/mol. The van der Waals surface area contributed by atoms with Gasteiger partial charge >= 0.3 is 0 Å². The fraction of sp³-hybridized carbons (Fsp3) is 0.500. The molecule has 0 radical (unpaired) electrons.